The average molecular weight is 269 g/mol. The fraction of sp³-hybridized carbons (Fsp3) is 0.353. The molecule has 3 rings (SSSR count). The molecule has 3 heteroatoms. The van der Waals surface area contributed by atoms with E-state index in [9.17, 15) is 4.79 Å². The van der Waals surface area contributed by atoms with Gasteiger partial charge in [-0.25, -0.2) is 0 Å². The molecule has 0 aromatic heterocycles. The minimum absolute atomic E-state index is 0.195. The van der Waals surface area contributed by atoms with Gasteiger partial charge in [-0.15, -0.1) is 0 Å². The van der Waals surface area contributed by atoms with Crippen LogP contribution >= 0.6 is 0 Å². The molecule has 1 saturated heterocycles. The van der Waals surface area contributed by atoms with Crippen LogP contribution in [0.25, 0.3) is 10.8 Å². The topological polar surface area (TPSA) is 29.5 Å². The number of likely N-dealkylation sites (tertiary alicyclic amines) is 1. The van der Waals surface area contributed by atoms with E-state index in [1.807, 2.05) is 29.2 Å². The lowest BCUT2D eigenvalue weighted by Crippen LogP contribution is -2.31. The number of carbonyl (C=O) groups is 1. The highest BCUT2D eigenvalue weighted by Gasteiger charge is 2.25. The number of hydrogen-bond donors (Lipinski definition) is 0. The van der Waals surface area contributed by atoms with Crippen molar-refractivity contribution in [1.29, 1.82) is 0 Å². The molecule has 1 heterocycles. The van der Waals surface area contributed by atoms with E-state index in [2.05, 4.69) is 18.2 Å². The summed E-state index contributed by atoms with van der Waals surface area (Å²) in [6.07, 6.45) is 1.61. The van der Waals surface area contributed by atoms with E-state index in [0.717, 1.165) is 25.1 Å². The molecule has 0 aliphatic carbocycles. The lowest BCUT2D eigenvalue weighted by atomic mass is 10.0. The normalized spacial score (nSPS) is 18.6. The summed E-state index contributed by atoms with van der Waals surface area (Å²) in [6.45, 7) is 1.53. The molecule has 0 radical (unpaired) electrons. The molecule has 2 aromatic carbocycles. The van der Waals surface area contributed by atoms with Gasteiger partial charge < -0.3 is 9.64 Å². The highest BCUT2D eigenvalue weighted by Crippen LogP contribution is 2.20. The van der Waals surface area contributed by atoms with Gasteiger partial charge in [0.15, 0.2) is 0 Å². The molecule has 2 aromatic rings. The van der Waals surface area contributed by atoms with Crippen molar-refractivity contribution in [2.75, 3.05) is 20.2 Å². The van der Waals surface area contributed by atoms with Gasteiger partial charge in [0, 0.05) is 20.2 Å². The van der Waals surface area contributed by atoms with E-state index < -0.39 is 0 Å². The molecule has 3 nitrogen and oxygen atoms in total. The van der Waals surface area contributed by atoms with E-state index in [0.29, 0.717) is 6.42 Å². The molecule has 1 atom stereocenters. The second-order valence-corrected chi connectivity index (χ2v) is 5.30. The Morgan fingerprint density at radius 3 is 2.85 bits per heavy atom. The maximum absolute atomic E-state index is 12.4. The lowest BCUT2D eigenvalue weighted by Gasteiger charge is -2.16. The molecule has 0 saturated carbocycles. The van der Waals surface area contributed by atoms with Crippen LogP contribution in [0.5, 0.6) is 0 Å². The summed E-state index contributed by atoms with van der Waals surface area (Å²) < 4.78 is 5.32. The summed E-state index contributed by atoms with van der Waals surface area (Å²) in [6, 6.07) is 14.4. The van der Waals surface area contributed by atoms with Crippen LogP contribution in [0.4, 0.5) is 0 Å². The lowest BCUT2D eigenvalue weighted by molar-refractivity contribution is -0.129. The first-order chi connectivity index (χ1) is 9.78. The fourth-order valence-corrected chi connectivity index (χ4v) is 2.87. The van der Waals surface area contributed by atoms with Crippen LogP contribution in [0.15, 0.2) is 42.5 Å². The number of nitrogens with zero attached hydrogens (tertiary/aromatic N) is 1. The van der Waals surface area contributed by atoms with Crippen LogP contribution in [0.1, 0.15) is 12.0 Å². The monoisotopic (exact) mass is 269 g/mol. The van der Waals surface area contributed by atoms with Crippen LogP contribution in [-0.4, -0.2) is 37.1 Å². The van der Waals surface area contributed by atoms with E-state index in [1.54, 1.807) is 7.11 Å². The van der Waals surface area contributed by atoms with Crippen molar-refractivity contribution in [2.24, 2.45) is 0 Å². The minimum Gasteiger partial charge on any atom is -0.380 e. The molecule has 20 heavy (non-hydrogen) atoms. The molecule has 1 amide bonds. The van der Waals surface area contributed by atoms with Crippen molar-refractivity contribution in [3.63, 3.8) is 0 Å². The summed E-state index contributed by atoms with van der Waals surface area (Å²) in [5.41, 5.74) is 1.11. The highest BCUT2D eigenvalue weighted by molar-refractivity contribution is 5.90. The predicted molar refractivity (Wildman–Crippen MR) is 79.6 cm³/mol. The van der Waals surface area contributed by atoms with Gasteiger partial charge in [0.05, 0.1) is 12.5 Å². The Hall–Kier alpha value is -1.87. The molecular weight excluding hydrogens is 250 g/mol. The summed E-state index contributed by atoms with van der Waals surface area (Å²) in [5.74, 6) is 0.195. The van der Waals surface area contributed by atoms with Crippen molar-refractivity contribution in [1.82, 2.24) is 4.90 Å². The van der Waals surface area contributed by atoms with Gasteiger partial charge >= 0.3 is 0 Å². The third-order valence-corrected chi connectivity index (χ3v) is 4.05. The molecular formula is C17H19NO2. The van der Waals surface area contributed by atoms with Crippen molar-refractivity contribution >= 4 is 16.7 Å². The average Bonchev–Trinajstić information content (AvgIpc) is 2.97. The summed E-state index contributed by atoms with van der Waals surface area (Å²) in [4.78, 5) is 14.3. The molecule has 1 unspecified atom stereocenters. The molecule has 104 valence electrons. The quantitative estimate of drug-likeness (QED) is 0.857. The number of fused-ring (bicyclic) bond motifs is 1. The molecule has 1 aliphatic heterocycles. The first-order valence-electron chi connectivity index (χ1n) is 7.05. The first-order valence-corrected chi connectivity index (χ1v) is 7.05. The van der Waals surface area contributed by atoms with Crippen LogP contribution in [0.2, 0.25) is 0 Å². The maximum atomic E-state index is 12.4. The van der Waals surface area contributed by atoms with Gasteiger partial charge in [-0.3, -0.25) is 4.79 Å². The van der Waals surface area contributed by atoms with Gasteiger partial charge in [0.1, 0.15) is 0 Å². The van der Waals surface area contributed by atoms with Crippen LogP contribution in [0, 0.1) is 0 Å². The second-order valence-electron chi connectivity index (χ2n) is 5.30. The SMILES string of the molecule is COC1CCN(C(=O)Cc2cccc3ccccc23)C1. The third-order valence-electron chi connectivity index (χ3n) is 4.05. The Balaban J connectivity index is 1.78. The summed E-state index contributed by atoms with van der Waals surface area (Å²) >= 11 is 0. The molecule has 0 bridgehead atoms. The van der Waals surface area contributed by atoms with E-state index in [4.69, 9.17) is 4.74 Å². The number of rotatable bonds is 3. The van der Waals surface area contributed by atoms with Crippen molar-refractivity contribution < 1.29 is 9.53 Å². The smallest absolute Gasteiger partial charge is 0.227 e. The number of carbonyl (C=O) groups excluding carboxylic acids is 1. The minimum atomic E-state index is 0.195. The van der Waals surface area contributed by atoms with Gasteiger partial charge in [0.25, 0.3) is 0 Å². The van der Waals surface area contributed by atoms with Gasteiger partial charge in [-0.2, -0.15) is 0 Å². The van der Waals surface area contributed by atoms with Crippen molar-refractivity contribution in [2.45, 2.75) is 18.9 Å². The van der Waals surface area contributed by atoms with E-state index in [-0.39, 0.29) is 12.0 Å². The van der Waals surface area contributed by atoms with Crippen LogP contribution in [-0.2, 0) is 16.0 Å². The number of hydrogen-bond acceptors (Lipinski definition) is 2. The number of amides is 1. The summed E-state index contributed by atoms with van der Waals surface area (Å²) in [5, 5.41) is 2.36. The summed E-state index contributed by atoms with van der Waals surface area (Å²) in [7, 11) is 1.71. The fourth-order valence-electron chi connectivity index (χ4n) is 2.87. The zero-order valence-electron chi connectivity index (χ0n) is 11.7. The number of ether oxygens (including phenoxy) is 1. The van der Waals surface area contributed by atoms with E-state index in [1.165, 1.54) is 10.8 Å². The predicted octanol–water partition coefficient (Wildman–Crippen LogP) is 2.63. The van der Waals surface area contributed by atoms with Gasteiger partial charge in [-0.05, 0) is 22.8 Å². The Bertz CT molecular complexity index is 618. The standard InChI is InChI=1S/C17H19NO2/c1-20-15-9-10-18(12-15)17(19)11-14-7-4-6-13-5-2-3-8-16(13)14/h2-8,15H,9-12H2,1H3. The Kier molecular flexibility index (Phi) is 3.70. The molecule has 0 N–H and O–H groups in total. The molecule has 1 fully saturated rings. The van der Waals surface area contributed by atoms with Crippen LogP contribution < -0.4 is 0 Å². The Morgan fingerprint density at radius 2 is 2.05 bits per heavy atom. The molecule has 1 aliphatic rings. The zero-order chi connectivity index (χ0) is 13.9. The van der Waals surface area contributed by atoms with Crippen molar-refractivity contribution in [3.8, 4) is 0 Å². The second kappa shape index (κ2) is 5.63. The van der Waals surface area contributed by atoms with E-state index >= 15 is 0 Å². The largest absolute Gasteiger partial charge is 0.380 e. The van der Waals surface area contributed by atoms with Gasteiger partial charge in [-0.1, -0.05) is 42.5 Å². The Morgan fingerprint density at radius 1 is 1.25 bits per heavy atom. The third kappa shape index (κ3) is 2.54. The number of benzene rings is 2. The maximum Gasteiger partial charge on any atom is 0.227 e. The van der Waals surface area contributed by atoms with Crippen LogP contribution in [0.3, 0.4) is 0 Å². The Labute approximate surface area is 119 Å². The first kappa shape index (κ1) is 13.1. The zero-order valence-corrected chi connectivity index (χ0v) is 11.7. The van der Waals surface area contributed by atoms with Crippen molar-refractivity contribution in [3.05, 3.63) is 48.0 Å². The molecule has 0 spiro atoms. The van der Waals surface area contributed by atoms with Gasteiger partial charge in [0.2, 0.25) is 5.91 Å². The number of methoxy groups -OCH3 is 1. The highest BCUT2D eigenvalue weighted by atomic mass is 16.5.